The molecule has 0 saturated carbocycles. The molecule has 0 aliphatic rings. The van der Waals surface area contributed by atoms with E-state index in [9.17, 15) is 0 Å². The SMILES string of the molecule is C=C(C)CC[Si](C)(Cl)Cl. The van der Waals surface area contributed by atoms with Crippen molar-refractivity contribution in [3.63, 3.8) is 0 Å². The largest absolute Gasteiger partial charge is 0.248 e. The Balaban J connectivity index is 3.39. The van der Waals surface area contributed by atoms with E-state index in [1.807, 2.05) is 13.5 Å². The molecule has 0 saturated heterocycles. The normalized spacial score (nSPS) is 11.6. The Bertz CT molecular complexity index is 104. The fraction of sp³-hybridized carbons (Fsp3) is 0.667. The quantitative estimate of drug-likeness (QED) is 0.357. The molecule has 0 fully saturated rings. The number of allylic oxidation sites excluding steroid dienone is 1. The van der Waals surface area contributed by atoms with Crippen molar-refractivity contribution in [3.8, 4) is 0 Å². The van der Waals surface area contributed by atoms with E-state index in [4.69, 9.17) is 22.2 Å². The highest BCUT2D eigenvalue weighted by Crippen LogP contribution is 2.23. The van der Waals surface area contributed by atoms with Gasteiger partial charge in [0.15, 0.2) is 0 Å². The highest BCUT2D eigenvalue weighted by molar-refractivity contribution is 7.44. The summed E-state index contributed by atoms with van der Waals surface area (Å²) in [7, 11) is 0. The Morgan fingerprint density at radius 1 is 1.56 bits per heavy atom. The van der Waals surface area contributed by atoms with Crippen LogP contribution in [0.5, 0.6) is 0 Å². The van der Waals surface area contributed by atoms with Crippen molar-refractivity contribution in [2.45, 2.75) is 25.9 Å². The van der Waals surface area contributed by atoms with Crippen LogP contribution >= 0.6 is 22.2 Å². The first-order valence-corrected chi connectivity index (χ1v) is 7.67. The van der Waals surface area contributed by atoms with E-state index in [1.54, 1.807) is 0 Å². The van der Waals surface area contributed by atoms with Crippen molar-refractivity contribution in [1.29, 1.82) is 0 Å². The molecule has 0 radical (unpaired) electrons. The van der Waals surface area contributed by atoms with Crippen molar-refractivity contribution < 1.29 is 0 Å². The Morgan fingerprint density at radius 3 is 2.11 bits per heavy atom. The minimum absolute atomic E-state index is 0.922. The molecule has 0 aliphatic heterocycles. The van der Waals surface area contributed by atoms with Gasteiger partial charge in [-0.3, -0.25) is 0 Å². The highest BCUT2D eigenvalue weighted by atomic mass is 35.7. The second kappa shape index (κ2) is 3.64. The van der Waals surface area contributed by atoms with Crippen LogP contribution in [-0.4, -0.2) is 6.69 Å². The molecule has 0 aliphatic carbocycles. The van der Waals surface area contributed by atoms with E-state index in [1.165, 1.54) is 0 Å². The molecule has 0 aromatic rings. The fourth-order valence-electron chi connectivity index (χ4n) is 0.433. The zero-order valence-corrected chi connectivity index (χ0v) is 8.39. The monoisotopic (exact) mass is 182 g/mol. The zero-order chi connectivity index (χ0) is 7.49. The van der Waals surface area contributed by atoms with E-state index in [2.05, 4.69) is 6.58 Å². The van der Waals surface area contributed by atoms with Crippen molar-refractivity contribution in [1.82, 2.24) is 0 Å². The van der Waals surface area contributed by atoms with E-state index in [-0.39, 0.29) is 0 Å². The van der Waals surface area contributed by atoms with Gasteiger partial charge < -0.3 is 0 Å². The molecule has 0 aromatic heterocycles. The lowest BCUT2D eigenvalue weighted by molar-refractivity contribution is 1.09. The van der Waals surface area contributed by atoms with Crippen LogP contribution in [0, 0.1) is 0 Å². The van der Waals surface area contributed by atoms with Crippen molar-refractivity contribution in [3.05, 3.63) is 12.2 Å². The van der Waals surface area contributed by atoms with Crippen LogP contribution in [0.15, 0.2) is 12.2 Å². The van der Waals surface area contributed by atoms with E-state index < -0.39 is 6.69 Å². The average Bonchev–Trinajstić information content (AvgIpc) is 1.59. The molecule has 0 spiro atoms. The molecule has 0 heterocycles. The Labute approximate surface area is 67.3 Å². The summed E-state index contributed by atoms with van der Waals surface area (Å²) in [6.07, 6.45) is 0.968. The molecule has 0 unspecified atom stereocenters. The summed E-state index contributed by atoms with van der Waals surface area (Å²) >= 11 is 11.7. The molecular weight excluding hydrogens is 171 g/mol. The van der Waals surface area contributed by atoms with Crippen molar-refractivity contribution >= 4 is 28.9 Å². The second-order valence-corrected chi connectivity index (χ2v) is 10.8. The first-order chi connectivity index (χ1) is 3.92. The van der Waals surface area contributed by atoms with Gasteiger partial charge in [0.25, 0.3) is 0 Å². The van der Waals surface area contributed by atoms with Crippen molar-refractivity contribution in [2.24, 2.45) is 0 Å². The van der Waals surface area contributed by atoms with Gasteiger partial charge in [0.1, 0.15) is 0 Å². The van der Waals surface area contributed by atoms with Crippen molar-refractivity contribution in [2.75, 3.05) is 0 Å². The number of hydrogen-bond acceptors (Lipinski definition) is 0. The van der Waals surface area contributed by atoms with Crippen LogP contribution in [0.1, 0.15) is 13.3 Å². The van der Waals surface area contributed by atoms with Gasteiger partial charge in [0.2, 0.25) is 6.69 Å². The average molecular weight is 183 g/mol. The maximum absolute atomic E-state index is 5.84. The third kappa shape index (κ3) is 8.54. The summed E-state index contributed by atoms with van der Waals surface area (Å²) < 4.78 is 0. The Hall–Kier alpha value is 0.537. The summed E-state index contributed by atoms with van der Waals surface area (Å²) in [6, 6.07) is 0.922. The molecule has 0 aromatic carbocycles. The maximum Gasteiger partial charge on any atom is 0.248 e. The van der Waals surface area contributed by atoms with Crippen LogP contribution in [0.3, 0.4) is 0 Å². The smallest absolute Gasteiger partial charge is 0.146 e. The van der Waals surface area contributed by atoms with E-state index in [0.29, 0.717) is 0 Å². The number of halogens is 2. The van der Waals surface area contributed by atoms with Gasteiger partial charge in [-0.2, -0.15) is 0 Å². The third-order valence-electron chi connectivity index (χ3n) is 0.991. The summed E-state index contributed by atoms with van der Waals surface area (Å²) in [5, 5.41) is 0. The van der Waals surface area contributed by atoms with Crippen LogP contribution in [0.2, 0.25) is 12.6 Å². The standard InChI is InChI=1S/C6H12Cl2Si/c1-6(2)4-5-9(3,7)8/h1,4-5H2,2-3H3. The van der Waals surface area contributed by atoms with Gasteiger partial charge in [-0.25, -0.2) is 0 Å². The van der Waals surface area contributed by atoms with Gasteiger partial charge in [-0.15, -0.1) is 28.7 Å². The predicted molar refractivity (Wildman–Crippen MR) is 47.6 cm³/mol. The van der Waals surface area contributed by atoms with Crippen LogP contribution in [0.25, 0.3) is 0 Å². The van der Waals surface area contributed by atoms with Gasteiger partial charge in [0, 0.05) is 0 Å². The summed E-state index contributed by atoms with van der Waals surface area (Å²) in [5.74, 6) is 0. The topological polar surface area (TPSA) is 0 Å². The Kier molecular flexibility index (Phi) is 3.86. The van der Waals surface area contributed by atoms with Crippen LogP contribution < -0.4 is 0 Å². The lowest BCUT2D eigenvalue weighted by Crippen LogP contribution is -2.11. The predicted octanol–water partition coefficient (Wildman–Crippen LogP) is 3.50. The molecule has 0 bridgehead atoms. The summed E-state index contributed by atoms with van der Waals surface area (Å²) in [4.78, 5) is 0. The van der Waals surface area contributed by atoms with Crippen LogP contribution in [-0.2, 0) is 0 Å². The van der Waals surface area contributed by atoms with Gasteiger partial charge in [0.05, 0.1) is 0 Å². The molecule has 0 amide bonds. The Morgan fingerprint density at radius 2 is 2.00 bits per heavy atom. The third-order valence-corrected chi connectivity index (χ3v) is 3.25. The molecule has 0 nitrogen and oxygen atoms in total. The molecular formula is C6H12Cl2Si. The number of hydrogen-bond donors (Lipinski definition) is 0. The highest BCUT2D eigenvalue weighted by Gasteiger charge is 2.19. The molecule has 54 valence electrons. The van der Waals surface area contributed by atoms with Gasteiger partial charge in [-0.1, -0.05) is 5.57 Å². The van der Waals surface area contributed by atoms with Gasteiger partial charge in [-0.05, 0) is 25.9 Å². The lowest BCUT2D eigenvalue weighted by Gasteiger charge is -2.08. The minimum atomic E-state index is -1.84. The lowest BCUT2D eigenvalue weighted by atomic mass is 10.3. The summed E-state index contributed by atoms with van der Waals surface area (Å²) in [6.45, 7) is 5.85. The molecule has 0 rings (SSSR count). The number of rotatable bonds is 3. The molecule has 0 atom stereocenters. The van der Waals surface area contributed by atoms with Gasteiger partial charge >= 0.3 is 0 Å². The summed E-state index contributed by atoms with van der Waals surface area (Å²) in [5.41, 5.74) is 1.16. The van der Waals surface area contributed by atoms with E-state index in [0.717, 1.165) is 18.0 Å². The first-order valence-electron chi connectivity index (χ1n) is 2.94. The molecule has 9 heavy (non-hydrogen) atoms. The fourth-order valence-corrected chi connectivity index (χ4v) is 1.87. The minimum Gasteiger partial charge on any atom is -0.146 e. The maximum atomic E-state index is 5.84. The second-order valence-electron chi connectivity index (χ2n) is 2.53. The zero-order valence-electron chi connectivity index (χ0n) is 5.88. The molecule has 3 heteroatoms. The van der Waals surface area contributed by atoms with E-state index >= 15 is 0 Å². The first kappa shape index (κ1) is 9.54. The molecule has 0 N–H and O–H groups in total. The van der Waals surface area contributed by atoms with Crippen LogP contribution in [0.4, 0.5) is 0 Å².